The zero-order chi connectivity index (χ0) is 13.7. The van der Waals surface area contributed by atoms with Crippen molar-refractivity contribution in [2.75, 3.05) is 13.7 Å². The van der Waals surface area contributed by atoms with Gasteiger partial charge in [-0.1, -0.05) is 6.92 Å². The van der Waals surface area contributed by atoms with E-state index >= 15 is 0 Å². The molecule has 0 bridgehead atoms. The first-order valence-corrected chi connectivity index (χ1v) is 7.07. The molecule has 0 saturated heterocycles. The van der Waals surface area contributed by atoms with Gasteiger partial charge in [0.2, 0.25) is 0 Å². The first-order valence-electron chi connectivity index (χ1n) is 7.07. The van der Waals surface area contributed by atoms with Gasteiger partial charge in [0.05, 0.1) is 18.4 Å². The summed E-state index contributed by atoms with van der Waals surface area (Å²) >= 11 is 0. The molecule has 4 heteroatoms. The van der Waals surface area contributed by atoms with Crippen LogP contribution in [0.4, 0.5) is 0 Å². The fraction of sp³-hybridized carbons (Fsp3) is 0.667. The lowest BCUT2D eigenvalue weighted by Crippen LogP contribution is -2.41. The van der Waals surface area contributed by atoms with E-state index in [-0.39, 0.29) is 11.6 Å². The van der Waals surface area contributed by atoms with Gasteiger partial charge in [0.1, 0.15) is 5.75 Å². The lowest BCUT2D eigenvalue weighted by Gasteiger charge is -2.42. The van der Waals surface area contributed by atoms with Crippen LogP contribution in [0.15, 0.2) is 18.5 Å². The lowest BCUT2D eigenvalue weighted by atomic mass is 9.75. The molecule has 1 fully saturated rings. The SMILES string of the molecule is CCCOc1cncc(C(N)CC2(OC)CCC2)c1. The first-order chi connectivity index (χ1) is 9.19. The molecule has 2 N–H and O–H groups in total. The minimum atomic E-state index is -0.0436. The van der Waals surface area contributed by atoms with Gasteiger partial charge in [0, 0.05) is 19.3 Å². The Kier molecular flexibility index (Phi) is 4.77. The smallest absolute Gasteiger partial charge is 0.137 e. The zero-order valence-electron chi connectivity index (χ0n) is 11.9. The number of aromatic nitrogens is 1. The van der Waals surface area contributed by atoms with Crippen LogP contribution in [0.25, 0.3) is 0 Å². The Labute approximate surface area is 115 Å². The van der Waals surface area contributed by atoms with Gasteiger partial charge in [0.25, 0.3) is 0 Å². The topological polar surface area (TPSA) is 57.4 Å². The van der Waals surface area contributed by atoms with Crippen LogP contribution >= 0.6 is 0 Å². The summed E-state index contributed by atoms with van der Waals surface area (Å²) in [5.41, 5.74) is 7.30. The Morgan fingerprint density at radius 3 is 2.79 bits per heavy atom. The van der Waals surface area contributed by atoms with Crippen molar-refractivity contribution in [3.63, 3.8) is 0 Å². The molecule has 0 aliphatic heterocycles. The highest BCUT2D eigenvalue weighted by Crippen LogP contribution is 2.41. The molecule has 1 heterocycles. The molecule has 1 aliphatic rings. The summed E-state index contributed by atoms with van der Waals surface area (Å²) in [6.07, 6.45) is 8.85. The van der Waals surface area contributed by atoms with E-state index in [0.29, 0.717) is 6.61 Å². The molecule has 1 aliphatic carbocycles. The highest BCUT2D eigenvalue weighted by atomic mass is 16.5. The third kappa shape index (κ3) is 3.45. The monoisotopic (exact) mass is 264 g/mol. The molecular formula is C15H24N2O2. The third-order valence-corrected chi connectivity index (χ3v) is 3.93. The van der Waals surface area contributed by atoms with Gasteiger partial charge in [-0.15, -0.1) is 0 Å². The van der Waals surface area contributed by atoms with Crippen LogP contribution in [-0.2, 0) is 4.74 Å². The van der Waals surface area contributed by atoms with E-state index in [0.717, 1.165) is 37.0 Å². The van der Waals surface area contributed by atoms with Crippen molar-refractivity contribution in [3.05, 3.63) is 24.0 Å². The van der Waals surface area contributed by atoms with Crippen LogP contribution < -0.4 is 10.5 Å². The van der Waals surface area contributed by atoms with Crippen molar-refractivity contribution in [1.29, 1.82) is 0 Å². The third-order valence-electron chi connectivity index (χ3n) is 3.93. The molecular weight excluding hydrogens is 240 g/mol. The number of hydrogen-bond acceptors (Lipinski definition) is 4. The second-order valence-electron chi connectivity index (χ2n) is 5.35. The van der Waals surface area contributed by atoms with Gasteiger partial charge in [-0.05, 0) is 43.7 Å². The largest absolute Gasteiger partial charge is 0.492 e. The number of methoxy groups -OCH3 is 1. The van der Waals surface area contributed by atoms with Crippen molar-refractivity contribution in [3.8, 4) is 5.75 Å². The van der Waals surface area contributed by atoms with E-state index in [1.54, 1.807) is 13.3 Å². The van der Waals surface area contributed by atoms with Crippen LogP contribution in [0.5, 0.6) is 5.75 Å². The molecule has 1 saturated carbocycles. The molecule has 1 unspecified atom stereocenters. The Morgan fingerprint density at radius 2 is 2.21 bits per heavy atom. The summed E-state index contributed by atoms with van der Waals surface area (Å²) in [6.45, 7) is 2.80. The maximum atomic E-state index is 6.29. The Balaban J connectivity index is 2.00. The minimum Gasteiger partial charge on any atom is -0.492 e. The number of ether oxygens (including phenoxy) is 2. The number of nitrogens with two attached hydrogens (primary N) is 1. The highest BCUT2D eigenvalue weighted by molar-refractivity contribution is 5.26. The van der Waals surface area contributed by atoms with E-state index in [9.17, 15) is 0 Å². The predicted octanol–water partition coefficient (Wildman–Crippen LogP) is 2.83. The molecule has 2 rings (SSSR count). The van der Waals surface area contributed by atoms with Gasteiger partial charge in [-0.3, -0.25) is 4.98 Å². The predicted molar refractivity (Wildman–Crippen MR) is 75.2 cm³/mol. The first kappa shape index (κ1) is 14.3. The van der Waals surface area contributed by atoms with Crippen LogP contribution in [-0.4, -0.2) is 24.3 Å². The molecule has 0 radical (unpaired) electrons. The van der Waals surface area contributed by atoms with Crippen molar-refractivity contribution in [1.82, 2.24) is 4.98 Å². The van der Waals surface area contributed by atoms with Crippen LogP contribution in [0, 0.1) is 0 Å². The molecule has 0 aromatic carbocycles. The zero-order valence-corrected chi connectivity index (χ0v) is 11.9. The molecule has 19 heavy (non-hydrogen) atoms. The standard InChI is InChI=1S/C15H24N2O2/c1-3-7-19-13-8-12(10-17-11-13)14(16)9-15(18-2)5-4-6-15/h8,10-11,14H,3-7,9,16H2,1-2H3. The number of pyridine rings is 1. The Bertz CT molecular complexity index is 399. The van der Waals surface area contributed by atoms with Crippen LogP contribution in [0.3, 0.4) is 0 Å². The van der Waals surface area contributed by atoms with E-state index < -0.39 is 0 Å². The quantitative estimate of drug-likeness (QED) is 0.822. The number of hydrogen-bond donors (Lipinski definition) is 1. The van der Waals surface area contributed by atoms with E-state index in [1.165, 1.54) is 6.42 Å². The Hall–Kier alpha value is -1.13. The summed E-state index contributed by atoms with van der Waals surface area (Å²) in [7, 11) is 1.78. The summed E-state index contributed by atoms with van der Waals surface area (Å²) < 4.78 is 11.2. The van der Waals surface area contributed by atoms with Crippen molar-refractivity contribution in [2.45, 2.75) is 50.7 Å². The number of rotatable bonds is 7. The summed E-state index contributed by atoms with van der Waals surface area (Å²) in [4.78, 5) is 4.21. The highest BCUT2D eigenvalue weighted by Gasteiger charge is 2.38. The second kappa shape index (κ2) is 6.35. The fourth-order valence-corrected chi connectivity index (χ4v) is 2.52. The molecule has 4 nitrogen and oxygen atoms in total. The molecule has 0 spiro atoms. The van der Waals surface area contributed by atoms with Crippen molar-refractivity contribution >= 4 is 0 Å². The summed E-state index contributed by atoms with van der Waals surface area (Å²) in [6, 6.07) is 1.95. The van der Waals surface area contributed by atoms with Gasteiger partial charge >= 0.3 is 0 Å². The summed E-state index contributed by atoms with van der Waals surface area (Å²) in [5.74, 6) is 0.801. The second-order valence-corrected chi connectivity index (χ2v) is 5.35. The molecule has 0 amide bonds. The van der Waals surface area contributed by atoms with Crippen molar-refractivity contribution < 1.29 is 9.47 Å². The van der Waals surface area contributed by atoms with E-state index in [4.69, 9.17) is 15.2 Å². The van der Waals surface area contributed by atoms with Gasteiger partial charge in [-0.25, -0.2) is 0 Å². The van der Waals surface area contributed by atoms with E-state index in [2.05, 4.69) is 11.9 Å². The van der Waals surface area contributed by atoms with Crippen LogP contribution in [0.2, 0.25) is 0 Å². The van der Waals surface area contributed by atoms with Gasteiger partial charge in [0.15, 0.2) is 0 Å². The van der Waals surface area contributed by atoms with Gasteiger partial charge < -0.3 is 15.2 Å². The normalized spacial score (nSPS) is 18.7. The fourth-order valence-electron chi connectivity index (χ4n) is 2.52. The van der Waals surface area contributed by atoms with Crippen molar-refractivity contribution in [2.24, 2.45) is 5.73 Å². The maximum absolute atomic E-state index is 6.29. The minimum absolute atomic E-state index is 0.0142. The average molecular weight is 264 g/mol. The van der Waals surface area contributed by atoms with E-state index in [1.807, 2.05) is 12.3 Å². The summed E-state index contributed by atoms with van der Waals surface area (Å²) in [5, 5.41) is 0. The average Bonchev–Trinajstić information content (AvgIpc) is 2.40. The van der Waals surface area contributed by atoms with Gasteiger partial charge in [-0.2, -0.15) is 0 Å². The molecule has 1 aromatic rings. The molecule has 1 aromatic heterocycles. The Morgan fingerprint density at radius 1 is 1.42 bits per heavy atom. The van der Waals surface area contributed by atoms with Crippen LogP contribution in [0.1, 0.15) is 50.6 Å². The molecule has 1 atom stereocenters. The maximum Gasteiger partial charge on any atom is 0.137 e. The molecule has 106 valence electrons. The number of nitrogens with zero attached hydrogens (tertiary/aromatic N) is 1. The lowest BCUT2D eigenvalue weighted by molar-refractivity contribution is -0.0817.